The van der Waals surface area contributed by atoms with Gasteiger partial charge in [-0.2, -0.15) is 0 Å². The lowest BCUT2D eigenvalue weighted by molar-refractivity contribution is -0.149. The second-order valence-corrected chi connectivity index (χ2v) is 3.72. The summed E-state index contributed by atoms with van der Waals surface area (Å²) >= 11 is 0. The van der Waals surface area contributed by atoms with Crippen LogP contribution < -0.4 is 5.73 Å². The van der Waals surface area contributed by atoms with E-state index >= 15 is 0 Å². The number of carbonyl (C=O) groups excluding carboxylic acids is 1. The van der Waals surface area contributed by atoms with Gasteiger partial charge in [0.2, 0.25) is 0 Å². The van der Waals surface area contributed by atoms with Crippen LogP contribution in [0.25, 0.3) is 0 Å². The lowest BCUT2D eigenvalue weighted by Gasteiger charge is -2.29. The zero-order chi connectivity index (χ0) is 12.9. The lowest BCUT2D eigenvalue weighted by Crippen LogP contribution is -2.47. The molecule has 2 N–H and O–H groups in total. The maximum absolute atomic E-state index is 13.2. The minimum atomic E-state index is -1.16. The molecule has 0 aromatic heterocycles. The summed E-state index contributed by atoms with van der Waals surface area (Å²) in [4.78, 5) is 11.9. The number of nitrogens with two attached hydrogens (primary N) is 1. The lowest BCUT2D eigenvalue weighted by atomic mass is 9.81. The van der Waals surface area contributed by atoms with Crippen LogP contribution in [0.15, 0.2) is 24.3 Å². The fourth-order valence-electron chi connectivity index (χ4n) is 1.75. The molecule has 1 aromatic rings. The van der Waals surface area contributed by atoms with Gasteiger partial charge in [-0.3, -0.25) is 4.79 Å². The number of esters is 1. The van der Waals surface area contributed by atoms with E-state index in [2.05, 4.69) is 0 Å². The number of hydrogen-bond acceptors (Lipinski definition) is 4. The Hall–Kier alpha value is -1.46. The predicted octanol–water partition coefficient (Wildman–Crippen LogP) is 0.842. The third kappa shape index (κ3) is 2.62. The van der Waals surface area contributed by atoms with E-state index in [4.69, 9.17) is 15.2 Å². The van der Waals surface area contributed by atoms with Gasteiger partial charge in [-0.15, -0.1) is 0 Å². The summed E-state index contributed by atoms with van der Waals surface area (Å²) in [5.74, 6) is -0.965. The average molecular weight is 241 g/mol. The zero-order valence-corrected chi connectivity index (χ0v) is 9.90. The third-order valence-electron chi connectivity index (χ3n) is 2.69. The number of benzene rings is 1. The van der Waals surface area contributed by atoms with Gasteiger partial charge in [-0.1, -0.05) is 12.1 Å². The van der Waals surface area contributed by atoms with E-state index in [0.29, 0.717) is 5.56 Å². The van der Waals surface area contributed by atoms with Crippen molar-refractivity contribution in [2.24, 2.45) is 5.73 Å². The number of methoxy groups -OCH3 is 2. The minimum Gasteiger partial charge on any atom is -0.468 e. The Morgan fingerprint density at radius 1 is 1.47 bits per heavy atom. The van der Waals surface area contributed by atoms with Crippen LogP contribution in [0.5, 0.6) is 0 Å². The molecule has 0 fully saturated rings. The molecule has 0 heterocycles. The Morgan fingerprint density at radius 3 is 2.65 bits per heavy atom. The van der Waals surface area contributed by atoms with E-state index < -0.39 is 17.2 Å². The number of hydrogen-bond donors (Lipinski definition) is 1. The van der Waals surface area contributed by atoms with E-state index in [-0.39, 0.29) is 13.2 Å². The molecule has 0 aliphatic heterocycles. The van der Waals surface area contributed by atoms with Crippen LogP contribution in [0, 0.1) is 5.82 Å². The SMILES string of the molecule is COCC(CN)(C(=O)OC)c1cccc(F)c1. The van der Waals surface area contributed by atoms with Gasteiger partial charge >= 0.3 is 5.97 Å². The van der Waals surface area contributed by atoms with Crippen LogP contribution in [-0.4, -0.2) is 33.3 Å². The topological polar surface area (TPSA) is 61.5 Å². The van der Waals surface area contributed by atoms with Gasteiger partial charge in [0.15, 0.2) is 0 Å². The summed E-state index contributed by atoms with van der Waals surface area (Å²) in [6, 6.07) is 5.72. The summed E-state index contributed by atoms with van der Waals surface area (Å²) in [6.45, 7) is 0.0244. The number of halogens is 1. The van der Waals surface area contributed by atoms with Crippen LogP contribution in [0.3, 0.4) is 0 Å². The van der Waals surface area contributed by atoms with Crippen LogP contribution in [0.4, 0.5) is 4.39 Å². The van der Waals surface area contributed by atoms with E-state index in [0.717, 1.165) is 0 Å². The molecule has 94 valence electrons. The van der Waals surface area contributed by atoms with E-state index in [1.807, 2.05) is 0 Å². The van der Waals surface area contributed by atoms with Crippen LogP contribution in [0.2, 0.25) is 0 Å². The average Bonchev–Trinajstić information content (AvgIpc) is 2.35. The molecule has 0 saturated carbocycles. The first-order chi connectivity index (χ1) is 8.10. The number of carbonyl (C=O) groups is 1. The molecule has 0 amide bonds. The molecule has 0 aliphatic rings. The maximum atomic E-state index is 13.2. The quantitative estimate of drug-likeness (QED) is 0.776. The second kappa shape index (κ2) is 5.75. The van der Waals surface area contributed by atoms with Crippen LogP contribution >= 0.6 is 0 Å². The first-order valence-corrected chi connectivity index (χ1v) is 5.14. The first-order valence-electron chi connectivity index (χ1n) is 5.14. The Labute approximate surface area is 99.5 Å². The molecular formula is C12H16FNO3. The Bertz CT molecular complexity index is 397. The van der Waals surface area contributed by atoms with Gasteiger partial charge < -0.3 is 15.2 Å². The fourth-order valence-corrected chi connectivity index (χ4v) is 1.75. The molecule has 1 aromatic carbocycles. The summed E-state index contributed by atoms with van der Waals surface area (Å²) in [5.41, 5.74) is 4.94. The molecule has 1 unspecified atom stereocenters. The molecule has 0 spiro atoms. The molecule has 4 nitrogen and oxygen atoms in total. The van der Waals surface area contributed by atoms with Gasteiger partial charge in [0, 0.05) is 13.7 Å². The van der Waals surface area contributed by atoms with E-state index in [1.165, 1.54) is 32.4 Å². The van der Waals surface area contributed by atoms with Gasteiger partial charge in [-0.05, 0) is 17.7 Å². The van der Waals surface area contributed by atoms with Gasteiger partial charge in [0.25, 0.3) is 0 Å². The molecule has 0 radical (unpaired) electrons. The summed E-state index contributed by atoms with van der Waals surface area (Å²) < 4.78 is 23.0. The van der Waals surface area contributed by atoms with Crippen molar-refractivity contribution in [2.45, 2.75) is 5.41 Å². The molecule has 0 saturated heterocycles. The standard InChI is InChI=1S/C12H16FNO3/c1-16-8-12(7-14,11(15)17-2)9-4-3-5-10(13)6-9/h3-6H,7-8,14H2,1-2H3. The van der Waals surface area contributed by atoms with Crippen molar-refractivity contribution in [3.8, 4) is 0 Å². The van der Waals surface area contributed by atoms with Crippen molar-refractivity contribution in [1.82, 2.24) is 0 Å². The molecule has 1 atom stereocenters. The summed E-state index contributed by atoms with van der Waals surface area (Å²) in [7, 11) is 2.72. The second-order valence-electron chi connectivity index (χ2n) is 3.72. The van der Waals surface area contributed by atoms with E-state index in [9.17, 15) is 9.18 Å². The molecule has 0 bridgehead atoms. The van der Waals surface area contributed by atoms with E-state index in [1.54, 1.807) is 6.07 Å². The van der Waals surface area contributed by atoms with Crippen molar-refractivity contribution >= 4 is 5.97 Å². The Kier molecular flexibility index (Phi) is 4.60. The fraction of sp³-hybridized carbons (Fsp3) is 0.417. The zero-order valence-electron chi connectivity index (χ0n) is 9.90. The maximum Gasteiger partial charge on any atom is 0.319 e. The van der Waals surface area contributed by atoms with Crippen molar-refractivity contribution < 1.29 is 18.7 Å². The highest BCUT2D eigenvalue weighted by Crippen LogP contribution is 2.26. The van der Waals surface area contributed by atoms with Gasteiger partial charge in [-0.25, -0.2) is 4.39 Å². The smallest absolute Gasteiger partial charge is 0.319 e. The van der Waals surface area contributed by atoms with Crippen molar-refractivity contribution in [1.29, 1.82) is 0 Å². The molecule has 17 heavy (non-hydrogen) atoms. The van der Waals surface area contributed by atoms with Crippen LogP contribution in [-0.2, 0) is 19.7 Å². The number of ether oxygens (including phenoxy) is 2. The van der Waals surface area contributed by atoms with Crippen LogP contribution in [0.1, 0.15) is 5.56 Å². The van der Waals surface area contributed by atoms with Gasteiger partial charge in [0.05, 0.1) is 13.7 Å². The summed E-state index contributed by atoms with van der Waals surface area (Å²) in [5, 5.41) is 0. The van der Waals surface area contributed by atoms with Crippen molar-refractivity contribution in [2.75, 3.05) is 27.4 Å². The number of rotatable bonds is 5. The highest BCUT2D eigenvalue weighted by atomic mass is 19.1. The highest BCUT2D eigenvalue weighted by Gasteiger charge is 2.40. The molecule has 1 rings (SSSR count). The van der Waals surface area contributed by atoms with Gasteiger partial charge in [0.1, 0.15) is 11.2 Å². The van der Waals surface area contributed by atoms with Crippen molar-refractivity contribution in [3.05, 3.63) is 35.6 Å². The van der Waals surface area contributed by atoms with Crippen molar-refractivity contribution in [3.63, 3.8) is 0 Å². The highest BCUT2D eigenvalue weighted by molar-refractivity contribution is 5.83. The normalized spacial score (nSPS) is 14.1. The summed E-state index contributed by atoms with van der Waals surface area (Å²) in [6.07, 6.45) is 0. The molecular weight excluding hydrogens is 225 g/mol. The monoisotopic (exact) mass is 241 g/mol. The molecule has 5 heteroatoms. The third-order valence-corrected chi connectivity index (χ3v) is 2.69. The first kappa shape index (κ1) is 13.6. The predicted molar refractivity (Wildman–Crippen MR) is 61.0 cm³/mol. The largest absolute Gasteiger partial charge is 0.468 e. The Morgan fingerprint density at radius 2 is 2.18 bits per heavy atom. The molecule has 0 aliphatic carbocycles. The minimum absolute atomic E-state index is 0.0169. The Balaban J connectivity index is 3.25.